The summed E-state index contributed by atoms with van der Waals surface area (Å²) in [5, 5.41) is 14.7. The third-order valence-electron chi connectivity index (χ3n) is 4.37. The molecule has 0 bridgehead atoms. The molecule has 10 heteroatoms. The lowest BCUT2D eigenvalue weighted by atomic mass is 10.2. The van der Waals surface area contributed by atoms with Crippen molar-refractivity contribution in [3.05, 3.63) is 56.6 Å². The molecule has 0 spiro atoms. The number of amides is 1. The first kappa shape index (κ1) is 21.2. The van der Waals surface area contributed by atoms with Gasteiger partial charge in [-0.05, 0) is 31.2 Å². The summed E-state index contributed by atoms with van der Waals surface area (Å²) in [5.74, 6) is -0.0878. The summed E-state index contributed by atoms with van der Waals surface area (Å²) in [6, 6.07) is 9.03. The maximum atomic E-state index is 12.7. The van der Waals surface area contributed by atoms with Crippen LogP contribution in [0.3, 0.4) is 0 Å². The number of morpholine rings is 1. The molecule has 1 fully saturated rings. The molecule has 1 heterocycles. The van der Waals surface area contributed by atoms with Gasteiger partial charge in [0.25, 0.3) is 11.6 Å². The van der Waals surface area contributed by atoms with Crippen LogP contribution in [-0.4, -0.2) is 43.2 Å². The van der Waals surface area contributed by atoms with Gasteiger partial charge in [-0.3, -0.25) is 14.9 Å². The zero-order valence-electron chi connectivity index (χ0n) is 15.6. The SMILES string of the molecule is CC(Oc1ccc(Cl)cc1Cl)C(=O)Nc1ccc([N+](=O)[O-])cc1N1CCOCC1. The number of carbonyl (C=O) groups is 1. The van der Waals surface area contributed by atoms with E-state index in [0.717, 1.165) is 0 Å². The second-order valence-electron chi connectivity index (χ2n) is 6.38. The molecule has 0 aliphatic carbocycles. The van der Waals surface area contributed by atoms with Crippen LogP contribution in [0.15, 0.2) is 36.4 Å². The number of rotatable bonds is 6. The highest BCUT2D eigenvalue weighted by Crippen LogP contribution is 2.32. The first-order chi connectivity index (χ1) is 13.8. The fraction of sp³-hybridized carbons (Fsp3) is 0.316. The first-order valence-corrected chi connectivity index (χ1v) is 9.64. The highest BCUT2D eigenvalue weighted by molar-refractivity contribution is 6.35. The minimum Gasteiger partial charge on any atom is -0.479 e. The summed E-state index contributed by atoms with van der Waals surface area (Å²) in [4.78, 5) is 25.3. The zero-order chi connectivity index (χ0) is 21.0. The summed E-state index contributed by atoms with van der Waals surface area (Å²) in [7, 11) is 0. The predicted octanol–water partition coefficient (Wildman–Crippen LogP) is 4.14. The Morgan fingerprint density at radius 2 is 1.97 bits per heavy atom. The van der Waals surface area contributed by atoms with E-state index in [1.165, 1.54) is 24.3 Å². The fourth-order valence-electron chi connectivity index (χ4n) is 2.85. The molecule has 154 valence electrons. The largest absolute Gasteiger partial charge is 0.479 e. The number of halogens is 2. The van der Waals surface area contributed by atoms with Crippen molar-refractivity contribution in [3.63, 3.8) is 0 Å². The Bertz CT molecular complexity index is 919. The van der Waals surface area contributed by atoms with Gasteiger partial charge in [-0.1, -0.05) is 23.2 Å². The Kier molecular flexibility index (Phi) is 6.79. The van der Waals surface area contributed by atoms with Gasteiger partial charge in [-0.15, -0.1) is 0 Å². The Morgan fingerprint density at radius 1 is 1.24 bits per heavy atom. The molecule has 1 atom stereocenters. The van der Waals surface area contributed by atoms with Gasteiger partial charge in [0, 0.05) is 30.2 Å². The molecule has 2 aromatic carbocycles. The summed E-state index contributed by atoms with van der Waals surface area (Å²) in [6.45, 7) is 3.72. The standard InChI is InChI=1S/C19H19Cl2N3O5/c1-12(29-18-5-2-13(20)10-15(18)21)19(25)22-16-4-3-14(24(26)27)11-17(16)23-6-8-28-9-7-23/h2-5,10-12H,6-9H2,1H3,(H,22,25). The molecule has 8 nitrogen and oxygen atoms in total. The van der Waals surface area contributed by atoms with Crippen LogP contribution in [0, 0.1) is 10.1 Å². The number of benzene rings is 2. The van der Waals surface area contributed by atoms with Crippen molar-refractivity contribution >= 4 is 46.2 Å². The third-order valence-corrected chi connectivity index (χ3v) is 4.90. The van der Waals surface area contributed by atoms with E-state index in [1.807, 2.05) is 4.90 Å². The maximum Gasteiger partial charge on any atom is 0.271 e. The van der Waals surface area contributed by atoms with Crippen LogP contribution in [0.2, 0.25) is 10.0 Å². The number of anilines is 2. The second kappa shape index (κ2) is 9.30. The number of nitrogens with zero attached hydrogens (tertiary/aromatic N) is 2. The zero-order valence-corrected chi connectivity index (χ0v) is 17.1. The number of hydrogen-bond donors (Lipinski definition) is 1. The molecule has 1 aliphatic rings. The molecular formula is C19H19Cl2N3O5. The van der Waals surface area contributed by atoms with E-state index in [4.69, 9.17) is 32.7 Å². The van der Waals surface area contributed by atoms with Crippen molar-refractivity contribution in [2.45, 2.75) is 13.0 Å². The molecule has 0 aromatic heterocycles. The molecule has 1 saturated heterocycles. The number of carbonyl (C=O) groups excluding carboxylic acids is 1. The van der Waals surface area contributed by atoms with E-state index in [1.54, 1.807) is 19.1 Å². The van der Waals surface area contributed by atoms with E-state index < -0.39 is 16.9 Å². The van der Waals surface area contributed by atoms with Gasteiger partial charge < -0.3 is 19.7 Å². The quantitative estimate of drug-likeness (QED) is 0.536. The highest BCUT2D eigenvalue weighted by atomic mass is 35.5. The Balaban J connectivity index is 1.78. The molecule has 3 rings (SSSR count). The topological polar surface area (TPSA) is 93.9 Å². The van der Waals surface area contributed by atoms with Crippen molar-refractivity contribution in [1.82, 2.24) is 0 Å². The number of ether oxygens (including phenoxy) is 2. The number of nitrogens with one attached hydrogen (secondary N) is 1. The van der Waals surface area contributed by atoms with Gasteiger partial charge in [0.05, 0.1) is 34.5 Å². The van der Waals surface area contributed by atoms with Crippen LogP contribution < -0.4 is 15.0 Å². The van der Waals surface area contributed by atoms with Crippen molar-refractivity contribution in [2.75, 3.05) is 36.5 Å². The van der Waals surface area contributed by atoms with Crippen LogP contribution in [0.5, 0.6) is 5.75 Å². The van der Waals surface area contributed by atoms with Crippen LogP contribution in [0.4, 0.5) is 17.1 Å². The molecule has 1 aliphatic heterocycles. The molecule has 0 radical (unpaired) electrons. The maximum absolute atomic E-state index is 12.7. The van der Waals surface area contributed by atoms with Crippen LogP contribution >= 0.6 is 23.2 Å². The number of nitro benzene ring substituents is 1. The number of nitro groups is 1. The highest BCUT2D eigenvalue weighted by Gasteiger charge is 2.22. The van der Waals surface area contributed by atoms with Gasteiger partial charge in [-0.25, -0.2) is 0 Å². The van der Waals surface area contributed by atoms with Crippen molar-refractivity contribution < 1.29 is 19.2 Å². The fourth-order valence-corrected chi connectivity index (χ4v) is 3.31. The third kappa shape index (κ3) is 5.29. The average molecular weight is 440 g/mol. The van der Waals surface area contributed by atoms with E-state index in [9.17, 15) is 14.9 Å². The minimum absolute atomic E-state index is 0.0539. The second-order valence-corrected chi connectivity index (χ2v) is 7.23. The monoisotopic (exact) mass is 439 g/mol. The molecule has 1 amide bonds. The lowest BCUT2D eigenvalue weighted by Crippen LogP contribution is -2.37. The minimum atomic E-state index is -0.860. The van der Waals surface area contributed by atoms with Gasteiger partial charge >= 0.3 is 0 Å². The lowest BCUT2D eigenvalue weighted by Gasteiger charge is -2.30. The van der Waals surface area contributed by atoms with Gasteiger partial charge in [0.2, 0.25) is 0 Å². The van der Waals surface area contributed by atoms with Crippen molar-refractivity contribution in [3.8, 4) is 5.75 Å². The van der Waals surface area contributed by atoms with E-state index in [-0.39, 0.29) is 5.69 Å². The van der Waals surface area contributed by atoms with Crippen LogP contribution in [0.1, 0.15) is 6.92 Å². The molecule has 1 N–H and O–H groups in total. The lowest BCUT2D eigenvalue weighted by molar-refractivity contribution is -0.384. The summed E-state index contributed by atoms with van der Waals surface area (Å²) < 4.78 is 11.0. The Morgan fingerprint density at radius 3 is 2.62 bits per heavy atom. The van der Waals surface area contributed by atoms with E-state index in [0.29, 0.717) is 53.5 Å². The summed E-state index contributed by atoms with van der Waals surface area (Å²) >= 11 is 12.0. The Hall–Kier alpha value is -2.55. The van der Waals surface area contributed by atoms with Gasteiger partial charge in [0.15, 0.2) is 6.10 Å². The van der Waals surface area contributed by atoms with Gasteiger partial charge in [-0.2, -0.15) is 0 Å². The van der Waals surface area contributed by atoms with Gasteiger partial charge in [0.1, 0.15) is 5.75 Å². The van der Waals surface area contributed by atoms with E-state index >= 15 is 0 Å². The predicted molar refractivity (Wildman–Crippen MR) is 111 cm³/mol. The normalized spacial score (nSPS) is 14.9. The van der Waals surface area contributed by atoms with Crippen LogP contribution in [-0.2, 0) is 9.53 Å². The molecule has 0 saturated carbocycles. The molecule has 1 unspecified atom stereocenters. The van der Waals surface area contributed by atoms with Crippen LogP contribution in [0.25, 0.3) is 0 Å². The number of hydrogen-bond acceptors (Lipinski definition) is 6. The molecular weight excluding hydrogens is 421 g/mol. The smallest absolute Gasteiger partial charge is 0.271 e. The van der Waals surface area contributed by atoms with Crippen molar-refractivity contribution in [1.29, 1.82) is 0 Å². The summed E-state index contributed by atoms with van der Waals surface area (Å²) in [5.41, 5.74) is 0.967. The first-order valence-electron chi connectivity index (χ1n) is 8.89. The average Bonchev–Trinajstić information content (AvgIpc) is 2.70. The number of non-ortho nitro benzene ring substituents is 1. The Labute approximate surface area is 177 Å². The van der Waals surface area contributed by atoms with E-state index in [2.05, 4.69) is 5.32 Å². The molecule has 2 aromatic rings. The molecule has 29 heavy (non-hydrogen) atoms. The van der Waals surface area contributed by atoms with Crippen molar-refractivity contribution in [2.24, 2.45) is 0 Å². The summed E-state index contributed by atoms with van der Waals surface area (Å²) in [6.07, 6.45) is -0.860.